The smallest absolute Gasteiger partial charge is 0.497 e. The van der Waals surface area contributed by atoms with Gasteiger partial charge >= 0.3 is 12.3 Å². The van der Waals surface area contributed by atoms with E-state index in [0.717, 1.165) is 40.3 Å². The molecule has 0 fully saturated rings. The second-order valence-corrected chi connectivity index (χ2v) is 8.72. The van der Waals surface area contributed by atoms with Gasteiger partial charge in [-0.05, 0) is 72.7 Å². The molecule has 0 saturated heterocycles. The van der Waals surface area contributed by atoms with E-state index in [2.05, 4.69) is 25.5 Å². The summed E-state index contributed by atoms with van der Waals surface area (Å²) < 4.78 is 73.5. The molecule has 0 radical (unpaired) electrons. The van der Waals surface area contributed by atoms with E-state index in [-0.39, 0.29) is 0 Å². The van der Waals surface area contributed by atoms with Crippen LogP contribution in [0.4, 0.5) is 27.6 Å². The number of hydrogen-bond acceptors (Lipinski definition) is 5. The molecule has 204 valence electrons. The molecule has 0 aliphatic heterocycles. The van der Waals surface area contributed by atoms with Gasteiger partial charge in [0.25, 0.3) is 0 Å². The first-order chi connectivity index (χ1) is 18.4. The summed E-state index contributed by atoms with van der Waals surface area (Å²) in [5, 5.41) is 11.1. The van der Waals surface area contributed by atoms with Crippen molar-refractivity contribution in [2.24, 2.45) is 0 Å². The lowest BCUT2D eigenvalue weighted by atomic mass is 10.1. The van der Waals surface area contributed by atoms with Crippen molar-refractivity contribution >= 4 is 23.0 Å². The minimum atomic E-state index is -5.82. The van der Waals surface area contributed by atoms with Crippen molar-refractivity contribution in [3.63, 3.8) is 0 Å². The Hall–Kier alpha value is -4.26. The summed E-state index contributed by atoms with van der Waals surface area (Å²) in [6.07, 6.45) is -9.72. The zero-order valence-corrected chi connectivity index (χ0v) is 21.4. The number of rotatable bonds is 8. The average molecular weight is 564 g/mol. The van der Waals surface area contributed by atoms with E-state index in [0.29, 0.717) is 23.2 Å². The highest BCUT2D eigenvalue weighted by molar-refractivity contribution is 7.80. The van der Waals surface area contributed by atoms with E-state index in [1.165, 1.54) is 23.1 Å². The summed E-state index contributed by atoms with van der Waals surface area (Å²) in [4.78, 5) is 4.24. The highest BCUT2D eigenvalue weighted by Gasteiger charge is 2.61. The first-order valence-corrected chi connectivity index (χ1v) is 11.8. The van der Waals surface area contributed by atoms with Crippen LogP contribution in [0.25, 0.3) is 17.1 Å². The molecule has 0 spiro atoms. The number of methoxy groups -OCH3 is 1. The van der Waals surface area contributed by atoms with Gasteiger partial charge in [-0.1, -0.05) is 24.3 Å². The molecular formula is C26H22F5N5O2S. The molecule has 7 nitrogen and oxygen atoms in total. The van der Waals surface area contributed by atoms with Gasteiger partial charge in [0.15, 0.2) is 10.9 Å². The molecule has 2 N–H and O–H groups in total. The van der Waals surface area contributed by atoms with Crippen molar-refractivity contribution in [2.45, 2.75) is 25.8 Å². The van der Waals surface area contributed by atoms with E-state index in [1.807, 2.05) is 49.4 Å². The van der Waals surface area contributed by atoms with Crippen molar-refractivity contribution in [3.05, 3.63) is 84.2 Å². The van der Waals surface area contributed by atoms with Crippen LogP contribution in [-0.2, 0) is 6.54 Å². The van der Waals surface area contributed by atoms with Crippen LogP contribution in [0.1, 0.15) is 11.1 Å². The van der Waals surface area contributed by atoms with Crippen LogP contribution in [0.3, 0.4) is 0 Å². The molecule has 4 rings (SSSR count). The van der Waals surface area contributed by atoms with Crippen LogP contribution in [0.5, 0.6) is 11.5 Å². The Morgan fingerprint density at radius 1 is 0.949 bits per heavy atom. The molecule has 0 aliphatic rings. The van der Waals surface area contributed by atoms with Gasteiger partial charge in [-0.25, -0.2) is 9.67 Å². The highest BCUT2D eigenvalue weighted by atomic mass is 32.1. The van der Waals surface area contributed by atoms with Crippen molar-refractivity contribution in [2.75, 3.05) is 12.4 Å². The summed E-state index contributed by atoms with van der Waals surface area (Å²) in [5.74, 6) is 0.515. The van der Waals surface area contributed by atoms with E-state index < -0.39 is 18.0 Å². The third kappa shape index (κ3) is 6.79. The lowest BCUT2D eigenvalue weighted by Gasteiger charge is -2.20. The standard InChI is InChI=1S/C26H22F5N5O2S/c1-16-13-21(37-2)11-12-22(16)34-24(39)32-14-17-3-5-18(6-4-17)23-33-15-36(35-23)19-7-9-20(10-8-19)38-26(30,31)25(27,28)29/h3-13,15H,14H2,1-2H3,(H2,32,34,39). The number of aromatic nitrogens is 3. The normalized spacial score (nSPS) is 11.7. The molecule has 1 heterocycles. The monoisotopic (exact) mass is 563 g/mol. The maximum absolute atomic E-state index is 13.1. The lowest BCUT2D eigenvalue weighted by Crippen LogP contribution is -2.41. The van der Waals surface area contributed by atoms with E-state index in [1.54, 1.807) is 7.11 Å². The van der Waals surface area contributed by atoms with Gasteiger partial charge in [-0.3, -0.25) is 0 Å². The number of aryl methyl sites for hydroxylation is 1. The minimum absolute atomic E-state index is 0.394. The highest BCUT2D eigenvalue weighted by Crippen LogP contribution is 2.37. The largest absolute Gasteiger partial charge is 0.499 e. The Morgan fingerprint density at radius 2 is 1.62 bits per heavy atom. The molecule has 0 bridgehead atoms. The molecule has 1 aromatic heterocycles. The van der Waals surface area contributed by atoms with Crippen LogP contribution >= 0.6 is 12.2 Å². The molecule has 39 heavy (non-hydrogen) atoms. The fourth-order valence-corrected chi connectivity index (χ4v) is 3.60. The summed E-state index contributed by atoms with van der Waals surface area (Å²) in [6.45, 7) is 2.43. The van der Waals surface area contributed by atoms with E-state index >= 15 is 0 Å². The first-order valence-electron chi connectivity index (χ1n) is 11.4. The lowest BCUT2D eigenvalue weighted by molar-refractivity contribution is -0.360. The second-order valence-electron chi connectivity index (χ2n) is 8.31. The number of nitrogens with one attached hydrogen (secondary N) is 2. The van der Waals surface area contributed by atoms with Crippen molar-refractivity contribution in [1.82, 2.24) is 20.1 Å². The molecule has 4 aromatic rings. The van der Waals surface area contributed by atoms with Crippen molar-refractivity contribution in [1.29, 1.82) is 0 Å². The molecule has 0 atom stereocenters. The molecule has 13 heteroatoms. The number of benzene rings is 3. The minimum Gasteiger partial charge on any atom is -0.497 e. The van der Waals surface area contributed by atoms with Crippen molar-refractivity contribution in [3.8, 4) is 28.6 Å². The predicted molar refractivity (Wildman–Crippen MR) is 139 cm³/mol. The molecular weight excluding hydrogens is 541 g/mol. The number of halogens is 5. The first kappa shape index (κ1) is 27.8. The molecule has 0 amide bonds. The summed E-state index contributed by atoms with van der Waals surface area (Å²) in [6, 6.07) is 17.6. The number of alkyl halides is 5. The quantitative estimate of drug-likeness (QED) is 0.193. The van der Waals surface area contributed by atoms with Crippen LogP contribution in [0.15, 0.2) is 73.1 Å². The van der Waals surface area contributed by atoms with Crippen LogP contribution in [-0.4, -0.2) is 39.3 Å². The Labute approximate surface area is 225 Å². The topological polar surface area (TPSA) is 73.2 Å². The second kappa shape index (κ2) is 11.2. The fraction of sp³-hybridized carbons (Fsp3) is 0.192. The predicted octanol–water partition coefficient (Wildman–Crippen LogP) is 6.27. The van der Waals surface area contributed by atoms with Crippen LogP contribution in [0.2, 0.25) is 0 Å². The Kier molecular flexibility index (Phi) is 8.00. The molecule has 3 aromatic carbocycles. The Morgan fingerprint density at radius 3 is 2.23 bits per heavy atom. The number of anilines is 1. The zero-order chi connectivity index (χ0) is 28.2. The van der Waals surface area contributed by atoms with Crippen LogP contribution in [0, 0.1) is 6.92 Å². The Bertz CT molecular complexity index is 1440. The summed E-state index contributed by atoms with van der Waals surface area (Å²) in [5.41, 5.74) is 3.93. The third-order valence-electron chi connectivity index (χ3n) is 5.52. The molecule has 0 unspecified atom stereocenters. The van der Waals surface area contributed by atoms with Gasteiger partial charge in [-0.2, -0.15) is 22.0 Å². The average Bonchev–Trinajstić information content (AvgIpc) is 3.39. The van der Waals surface area contributed by atoms with E-state index in [4.69, 9.17) is 17.0 Å². The number of ether oxygens (including phenoxy) is 2. The zero-order valence-electron chi connectivity index (χ0n) is 20.6. The SMILES string of the molecule is COc1ccc(NC(=S)NCc2ccc(-c3ncn(-c4ccc(OC(F)(F)C(F)(F)F)cc4)n3)cc2)c(C)c1. The van der Waals surface area contributed by atoms with Gasteiger partial charge in [0, 0.05) is 17.8 Å². The number of thiocarbonyl (C=S) groups is 1. The third-order valence-corrected chi connectivity index (χ3v) is 5.76. The van der Waals surface area contributed by atoms with Gasteiger partial charge in [0.1, 0.15) is 17.8 Å². The van der Waals surface area contributed by atoms with Gasteiger partial charge in [0.2, 0.25) is 0 Å². The molecule has 0 saturated carbocycles. The van der Waals surface area contributed by atoms with E-state index in [9.17, 15) is 22.0 Å². The van der Waals surface area contributed by atoms with Crippen molar-refractivity contribution < 1.29 is 31.4 Å². The summed E-state index contributed by atoms with van der Waals surface area (Å²) >= 11 is 5.39. The van der Waals surface area contributed by atoms with Crippen LogP contribution < -0.4 is 20.1 Å². The van der Waals surface area contributed by atoms with Gasteiger partial charge < -0.3 is 20.1 Å². The Balaban J connectivity index is 1.34. The van der Waals surface area contributed by atoms with Gasteiger partial charge in [0.05, 0.1) is 12.8 Å². The number of hydrogen-bond donors (Lipinski definition) is 2. The van der Waals surface area contributed by atoms with Gasteiger partial charge in [-0.15, -0.1) is 5.10 Å². The maximum Gasteiger partial charge on any atom is 0.499 e. The summed E-state index contributed by atoms with van der Waals surface area (Å²) in [7, 11) is 1.61. The fourth-order valence-electron chi connectivity index (χ4n) is 3.42. The molecule has 0 aliphatic carbocycles. The maximum atomic E-state index is 13.1. The number of nitrogens with zero attached hydrogens (tertiary/aromatic N) is 3.